The molecule has 178 valence electrons. The standard InChI is InChI=1S/C27H27N5O3/c28-19-22(27(33)29-23-5-7-24(8-6-23)31-9-13-34-14-10-31)18-21-17-20-3-1-2-4-25(20)30-26(21)32-11-15-35-16-12-32/h1-8,17-18H,9-16H2,(H,29,33)/b22-18+. The second-order valence-electron chi connectivity index (χ2n) is 8.46. The van der Waals surface area contributed by atoms with E-state index in [9.17, 15) is 10.1 Å². The molecule has 0 unspecified atom stereocenters. The Bertz CT molecular complexity index is 1270. The highest BCUT2D eigenvalue weighted by Crippen LogP contribution is 2.27. The largest absolute Gasteiger partial charge is 0.378 e. The molecule has 3 aromatic rings. The summed E-state index contributed by atoms with van der Waals surface area (Å²) in [6, 6.07) is 19.5. The van der Waals surface area contributed by atoms with Gasteiger partial charge in [-0.25, -0.2) is 4.98 Å². The van der Waals surface area contributed by atoms with Crippen molar-refractivity contribution in [3.05, 3.63) is 65.7 Å². The maximum atomic E-state index is 13.0. The number of carbonyl (C=O) groups excluding carboxylic acids is 1. The molecule has 1 N–H and O–H groups in total. The van der Waals surface area contributed by atoms with Crippen LogP contribution in [0, 0.1) is 11.3 Å². The van der Waals surface area contributed by atoms with Crippen molar-refractivity contribution in [1.29, 1.82) is 5.26 Å². The Labute approximate surface area is 204 Å². The van der Waals surface area contributed by atoms with E-state index in [-0.39, 0.29) is 5.57 Å². The zero-order valence-corrected chi connectivity index (χ0v) is 19.4. The number of carbonyl (C=O) groups is 1. The Morgan fingerprint density at radius 2 is 1.60 bits per heavy atom. The van der Waals surface area contributed by atoms with Crippen LogP contribution in [-0.4, -0.2) is 63.5 Å². The topological polar surface area (TPSA) is 90.7 Å². The predicted octanol–water partition coefficient (Wildman–Crippen LogP) is 3.45. The number of fused-ring (bicyclic) bond motifs is 1. The fourth-order valence-corrected chi connectivity index (χ4v) is 4.34. The first kappa shape index (κ1) is 22.8. The van der Waals surface area contributed by atoms with Crippen molar-refractivity contribution in [2.45, 2.75) is 0 Å². The van der Waals surface area contributed by atoms with Crippen LogP contribution >= 0.6 is 0 Å². The molecule has 2 fully saturated rings. The molecule has 0 radical (unpaired) electrons. The molecule has 0 atom stereocenters. The number of rotatable bonds is 5. The Morgan fingerprint density at radius 3 is 2.29 bits per heavy atom. The first-order chi connectivity index (χ1) is 17.2. The minimum atomic E-state index is -0.451. The van der Waals surface area contributed by atoms with E-state index in [1.54, 1.807) is 6.08 Å². The fraction of sp³-hybridized carbons (Fsp3) is 0.296. The molecular formula is C27H27N5O3. The van der Waals surface area contributed by atoms with Gasteiger partial charge in [-0.2, -0.15) is 5.26 Å². The third kappa shape index (κ3) is 5.27. The number of amides is 1. The van der Waals surface area contributed by atoms with Gasteiger partial charge in [0.1, 0.15) is 17.5 Å². The van der Waals surface area contributed by atoms with Crippen molar-refractivity contribution in [3.8, 4) is 6.07 Å². The van der Waals surface area contributed by atoms with Crippen LogP contribution in [-0.2, 0) is 14.3 Å². The number of ether oxygens (including phenoxy) is 2. The van der Waals surface area contributed by atoms with E-state index in [0.29, 0.717) is 45.2 Å². The van der Waals surface area contributed by atoms with Gasteiger partial charge < -0.3 is 24.6 Å². The van der Waals surface area contributed by atoms with Crippen molar-refractivity contribution < 1.29 is 14.3 Å². The average molecular weight is 470 g/mol. The zero-order valence-electron chi connectivity index (χ0n) is 19.4. The number of aromatic nitrogens is 1. The third-order valence-corrected chi connectivity index (χ3v) is 6.21. The van der Waals surface area contributed by atoms with Crippen LogP contribution in [0.5, 0.6) is 0 Å². The number of benzene rings is 2. The molecule has 8 heteroatoms. The van der Waals surface area contributed by atoms with E-state index >= 15 is 0 Å². The molecular weight excluding hydrogens is 442 g/mol. The fourth-order valence-electron chi connectivity index (χ4n) is 4.34. The molecule has 5 rings (SSSR count). The SMILES string of the molecule is N#C/C(=C\c1cc2ccccc2nc1N1CCOCC1)C(=O)Nc1ccc(N2CCOCC2)cc1. The van der Waals surface area contributed by atoms with Gasteiger partial charge in [-0.3, -0.25) is 4.79 Å². The lowest BCUT2D eigenvalue weighted by Crippen LogP contribution is -2.37. The highest BCUT2D eigenvalue weighted by atomic mass is 16.5. The maximum absolute atomic E-state index is 13.0. The summed E-state index contributed by atoms with van der Waals surface area (Å²) in [6.07, 6.45) is 1.63. The highest BCUT2D eigenvalue weighted by Gasteiger charge is 2.19. The molecule has 0 aliphatic carbocycles. The quantitative estimate of drug-likeness (QED) is 0.452. The summed E-state index contributed by atoms with van der Waals surface area (Å²) in [6.45, 7) is 5.76. The first-order valence-corrected chi connectivity index (χ1v) is 11.8. The summed E-state index contributed by atoms with van der Waals surface area (Å²) >= 11 is 0. The summed E-state index contributed by atoms with van der Waals surface area (Å²) in [4.78, 5) is 22.2. The van der Waals surface area contributed by atoms with E-state index in [2.05, 4.69) is 21.2 Å². The minimum absolute atomic E-state index is 0.0221. The number of hydrogen-bond donors (Lipinski definition) is 1. The summed E-state index contributed by atoms with van der Waals surface area (Å²) in [7, 11) is 0. The van der Waals surface area contributed by atoms with Crippen LogP contribution in [0.25, 0.3) is 17.0 Å². The van der Waals surface area contributed by atoms with Crippen molar-refractivity contribution in [2.24, 2.45) is 0 Å². The molecule has 3 heterocycles. The Hall–Kier alpha value is -3.93. The molecule has 0 spiro atoms. The number of para-hydroxylation sites is 1. The lowest BCUT2D eigenvalue weighted by Gasteiger charge is -2.29. The van der Waals surface area contributed by atoms with Gasteiger partial charge in [-0.05, 0) is 42.5 Å². The smallest absolute Gasteiger partial charge is 0.266 e. The lowest BCUT2D eigenvalue weighted by atomic mass is 10.1. The van der Waals surface area contributed by atoms with Gasteiger partial charge in [0, 0.05) is 48.5 Å². The predicted molar refractivity (Wildman–Crippen MR) is 136 cm³/mol. The van der Waals surface area contributed by atoms with Crippen molar-refractivity contribution >= 4 is 40.1 Å². The molecule has 35 heavy (non-hydrogen) atoms. The first-order valence-electron chi connectivity index (χ1n) is 11.8. The zero-order chi connectivity index (χ0) is 24.0. The lowest BCUT2D eigenvalue weighted by molar-refractivity contribution is -0.112. The molecule has 0 saturated carbocycles. The average Bonchev–Trinajstić information content (AvgIpc) is 2.92. The van der Waals surface area contributed by atoms with Gasteiger partial charge >= 0.3 is 0 Å². The molecule has 2 aliphatic rings. The van der Waals surface area contributed by atoms with Gasteiger partial charge in [0.05, 0.1) is 31.9 Å². The summed E-state index contributed by atoms with van der Waals surface area (Å²) < 4.78 is 10.9. The molecule has 2 aliphatic heterocycles. The maximum Gasteiger partial charge on any atom is 0.266 e. The number of nitrogens with zero attached hydrogens (tertiary/aromatic N) is 4. The second kappa shape index (κ2) is 10.6. The van der Waals surface area contributed by atoms with Gasteiger partial charge in [0.25, 0.3) is 5.91 Å². The Morgan fingerprint density at radius 1 is 0.943 bits per heavy atom. The molecule has 2 aromatic carbocycles. The third-order valence-electron chi connectivity index (χ3n) is 6.21. The van der Waals surface area contributed by atoms with Crippen LogP contribution in [0.2, 0.25) is 0 Å². The number of morpholine rings is 2. The second-order valence-corrected chi connectivity index (χ2v) is 8.46. The van der Waals surface area contributed by atoms with Gasteiger partial charge in [-0.1, -0.05) is 18.2 Å². The summed E-state index contributed by atoms with van der Waals surface area (Å²) in [5, 5.41) is 13.6. The summed E-state index contributed by atoms with van der Waals surface area (Å²) in [5.74, 6) is 0.301. The van der Waals surface area contributed by atoms with Crippen molar-refractivity contribution in [3.63, 3.8) is 0 Å². The molecule has 2 saturated heterocycles. The number of hydrogen-bond acceptors (Lipinski definition) is 7. The number of nitriles is 1. The molecule has 1 aromatic heterocycles. The Balaban J connectivity index is 1.40. The van der Waals surface area contributed by atoms with Crippen molar-refractivity contribution in [1.82, 2.24) is 4.98 Å². The van der Waals surface area contributed by atoms with Crippen LogP contribution in [0.1, 0.15) is 5.56 Å². The van der Waals surface area contributed by atoms with Gasteiger partial charge in [-0.15, -0.1) is 0 Å². The van der Waals surface area contributed by atoms with Crippen LogP contribution in [0.15, 0.2) is 60.2 Å². The summed E-state index contributed by atoms with van der Waals surface area (Å²) in [5.41, 5.74) is 3.35. The van der Waals surface area contributed by atoms with Gasteiger partial charge in [0.2, 0.25) is 0 Å². The monoisotopic (exact) mass is 469 g/mol. The Kier molecular flexibility index (Phi) is 6.89. The van der Waals surface area contributed by atoms with Gasteiger partial charge in [0.15, 0.2) is 0 Å². The van der Waals surface area contributed by atoms with Crippen molar-refractivity contribution in [2.75, 3.05) is 67.7 Å². The number of anilines is 3. The van der Waals surface area contributed by atoms with E-state index < -0.39 is 5.91 Å². The molecule has 1 amide bonds. The van der Waals surface area contributed by atoms with E-state index in [1.807, 2.05) is 54.6 Å². The molecule has 8 nitrogen and oxygen atoms in total. The van der Waals surface area contributed by atoms with E-state index in [4.69, 9.17) is 14.5 Å². The van der Waals surface area contributed by atoms with E-state index in [0.717, 1.165) is 41.1 Å². The number of nitrogens with one attached hydrogen (secondary N) is 1. The van der Waals surface area contributed by atoms with Crippen LogP contribution in [0.3, 0.4) is 0 Å². The van der Waals surface area contributed by atoms with Crippen LogP contribution in [0.4, 0.5) is 17.2 Å². The van der Waals surface area contributed by atoms with E-state index in [1.165, 1.54) is 0 Å². The normalized spacial score (nSPS) is 16.7. The number of pyridine rings is 1. The highest BCUT2D eigenvalue weighted by molar-refractivity contribution is 6.10. The van der Waals surface area contributed by atoms with Crippen LogP contribution < -0.4 is 15.1 Å². The molecule has 0 bridgehead atoms. The minimum Gasteiger partial charge on any atom is -0.378 e.